The highest BCUT2D eigenvalue weighted by Gasteiger charge is 2.22. The minimum atomic E-state index is 0.145. The van der Waals surface area contributed by atoms with Gasteiger partial charge in [0.15, 0.2) is 0 Å². The molecule has 0 aliphatic rings. The van der Waals surface area contributed by atoms with Crippen LogP contribution in [-0.2, 0) is 12.0 Å². The van der Waals surface area contributed by atoms with E-state index in [-0.39, 0.29) is 5.41 Å². The molecular formula is C19H25NO. The molecule has 21 heavy (non-hydrogen) atoms. The van der Waals surface area contributed by atoms with E-state index in [4.69, 9.17) is 0 Å². The fourth-order valence-corrected chi connectivity index (χ4v) is 2.80. The van der Waals surface area contributed by atoms with E-state index < -0.39 is 0 Å². The Morgan fingerprint density at radius 2 is 1.76 bits per heavy atom. The molecule has 2 nitrogen and oxygen atoms in total. The van der Waals surface area contributed by atoms with E-state index in [0.717, 1.165) is 18.5 Å². The largest absolute Gasteiger partial charge is 0.508 e. The first-order chi connectivity index (χ1) is 9.97. The Morgan fingerprint density at radius 3 is 2.43 bits per heavy atom. The highest BCUT2D eigenvalue weighted by atomic mass is 16.3. The van der Waals surface area contributed by atoms with Gasteiger partial charge in [-0.1, -0.05) is 56.3 Å². The summed E-state index contributed by atoms with van der Waals surface area (Å²) in [7, 11) is 0. The van der Waals surface area contributed by atoms with Gasteiger partial charge in [-0.25, -0.2) is 0 Å². The first kappa shape index (κ1) is 15.6. The van der Waals surface area contributed by atoms with Crippen molar-refractivity contribution in [2.24, 2.45) is 0 Å². The van der Waals surface area contributed by atoms with Gasteiger partial charge in [-0.05, 0) is 42.0 Å². The molecule has 2 heteroatoms. The molecule has 2 aromatic carbocycles. The van der Waals surface area contributed by atoms with E-state index in [1.165, 1.54) is 5.56 Å². The van der Waals surface area contributed by atoms with Crippen molar-refractivity contribution in [2.75, 3.05) is 0 Å². The number of phenolic OH excluding ortho intramolecular Hbond substituents is 1. The number of aromatic hydroxyl groups is 1. The molecule has 0 aromatic heterocycles. The molecule has 1 atom stereocenters. The molecule has 0 fully saturated rings. The second kappa shape index (κ2) is 6.77. The fourth-order valence-electron chi connectivity index (χ4n) is 2.80. The number of benzene rings is 2. The van der Waals surface area contributed by atoms with Gasteiger partial charge < -0.3 is 10.4 Å². The predicted octanol–water partition coefficient (Wildman–Crippen LogP) is 4.24. The minimum absolute atomic E-state index is 0.145. The maximum absolute atomic E-state index is 9.49. The molecule has 0 saturated carbocycles. The Hall–Kier alpha value is -1.80. The molecule has 0 heterocycles. The standard InChI is InChI=1S/C19H25NO/c1-15(20-14-16-8-7-11-18(21)12-16)13-19(2,3)17-9-5-4-6-10-17/h4-12,15,20-21H,13-14H2,1-3H3. The van der Waals surface area contributed by atoms with Gasteiger partial charge in [0.25, 0.3) is 0 Å². The molecule has 0 aliphatic heterocycles. The average Bonchev–Trinajstić information content (AvgIpc) is 2.46. The lowest BCUT2D eigenvalue weighted by Crippen LogP contribution is -2.32. The minimum Gasteiger partial charge on any atom is -0.508 e. The zero-order valence-corrected chi connectivity index (χ0v) is 13.1. The Bertz CT molecular complexity index is 563. The summed E-state index contributed by atoms with van der Waals surface area (Å²) in [6, 6.07) is 18.5. The summed E-state index contributed by atoms with van der Waals surface area (Å²) in [5, 5.41) is 13.0. The van der Waals surface area contributed by atoms with Gasteiger partial charge in [0.1, 0.15) is 5.75 Å². The second-order valence-electron chi connectivity index (χ2n) is 6.41. The molecule has 2 N–H and O–H groups in total. The van der Waals surface area contributed by atoms with Gasteiger partial charge >= 0.3 is 0 Å². The molecule has 0 saturated heterocycles. The second-order valence-corrected chi connectivity index (χ2v) is 6.41. The van der Waals surface area contributed by atoms with Crippen molar-refractivity contribution in [3.8, 4) is 5.75 Å². The molecule has 0 radical (unpaired) electrons. The van der Waals surface area contributed by atoms with Gasteiger partial charge in [0.2, 0.25) is 0 Å². The summed E-state index contributed by atoms with van der Waals surface area (Å²) in [6.07, 6.45) is 1.07. The smallest absolute Gasteiger partial charge is 0.115 e. The summed E-state index contributed by atoms with van der Waals surface area (Å²) >= 11 is 0. The van der Waals surface area contributed by atoms with Crippen LogP contribution < -0.4 is 5.32 Å². The lowest BCUT2D eigenvalue weighted by molar-refractivity contribution is 0.387. The number of hydrogen-bond acceptors (Lipinski definition) is 2. The van der Waals surface area contributed by atoms with Crippen LogP contribution in [0.2, 0.25) is 0 Å². The third-order valence-electron chi connectivity index (χ3n) is 3.94. The predicted molar refractivity (Wildman–Crippen MR) is 88.5 cm³/mol. The van der Waals surface area contributed by atoms with Gasteiger partial charge in [-0.15, -0.1) is 0 Å². The van der Waals surface area contributed by atoms with Crippen LogP contribution in [0.3, 0.4) is 0 Å². The van der Waals surface area contributed by atoms with Crippen LogP contribution in [0.15, 0.2) is 54.6 Å². The molecule has 0 amide bonds. The summed E-state index contributed by atoms with van der Waals surface area (Å²) in [6.45, 7) is 7.57. The SMILES string of the molecule is CC(CC(C)(C)c1ccccc1)NCc1cccc(O)c1. The van der Waals surface area contributed by atoms with Gasteiger partial charge in [0, 0.05) is 12.6 Å². The normalized spacial score (nSPS) is 13.1. The number of nitrogens with one attached hydrogen (secondary N) is 1. The highest BCUT2D eigenvalue weighted by molar-refractivity contribution is 5.27. The van der Waals surface area contributed by atoms with Crippen LogP contribution in [0, 0.1) is 0 Å². The van der Waals surface area contributed by atoms with Crippen molar-refractivity contribution in [2.45, 2.75) is 45.2 Å². The lowest BCUT2D eigenvalue weighted by atomic mass is 9.79. The molecule has 112 valence electrons. The Labute approximate surface area is 127 Å². The number of rotatable bonds is 6. The molecular weight excluding hydrogens is 258 g/mol. The molecule has 1 unspecified atom stereocenters. The first-order valence-electron chi connectivity index (χ1n) is 7.54. The van der Waals surface area contributed by atoms with Crippen molar-refractivity contribution >= 4 is 0 Å². The lowest BCUT2D eigenvalue weighted by Gasteiger charge is -2.29. The van der Waals surface area contributed by atoms with Crippen molar-refractivity contribution in [3.05, 3.63) is 65.7 Å². The summed E-state index contributed by atoms with van der Waals surface area (Å²) in [5.41, 5.74) is 2.63. The van der Waals surface area contributed by atoms with E-state index in [1.807, 2.05) is 18.2 Å². The van der Waals surface area contributed by atoms with Crippen molar-refractivity contribution < 1.29 is 5.11 Å². The monoisotopic (exact) mass is 283 g/mol. The van der Waals surface area contributed by atoms with Gasteiger partial charge in [-0.3, -0.25) is 0 Å². The topological polar surface area (TPSA) is 32.3 Å². The molecule has 0 aliphatic carbocycles. The molecule has 2 aromatic rings. The molecule has 0 bridgehead atoms. The van der Waals surface area contributed by atoms with Crippen molar-refractivity contribution in [1.82, 2.24) is 5.32 Å². The summed E-state index contributed by atoms with van der Waals surface area (Å²) < 4.78 is 0. The fraction of sp³-hybridized carbons (Fsp3) is 0.368. The number of phenols is 1. The molecule has 2 rings (SSSR count). The Kier molecular flexibility index (Phi) is 5.03. The van der Waals surface area contributed by atoms with Crippen LogP contribution in [0.25, 0.3) is 0 Å². The average molecular weight is 283 g/mol. The maximum atomic E-state index is 9.49. The maximum Gasteiger partial charge on any atom is 0.115 e. The highest BCUT2D eigenvalue weighted by Crippen LogP contribution is 2.28. The van der Waals surface area contributed by atoms with E-state index in [9.17, 15) is 5.11 Å². The first-order valence-corrected chi connectivity index (χ1v) is 7.54. The van der Waals surface area contributed by atoms with Crippen molar-refractivity contribution in [1.29, 1.82) is 0 Å². The van der Waals surface area contributed by atoms with Crippen LogP contribution in [0.4, 0.5) is 0 Å². The quantitative estimate of drug-likeness (QED) is 0.831. The van der Waals surface area contributed by atoms with Gasteiger partial charge in [-0.2, -0.15) is 0 Å². The van der Waals surface area contributed by atoms with E-state index in [2.05, 4.69) is 56.4 Å². The Balaban J connectivity index is 1.91. The van der Waals surface area contributed by atoms with E-state index >= 15 is 0 Å². The Morgan fingerprint density at radius 1 is 1.05 bits per heavy atom. The molecule has 0 spiro atoms. The third kappa shape index (κ3) is 4.61. The van der Waals surface area contributed by atoms with E-state index in [0.29, 0.717) is 11.8 Å². The van der Waals surface area contributed by atoms with Crippen LogP contribution in [0.5, 0.6) is 5.75 Å². The third-order valence-corrected chi connectivity index (χ3v) is 3.94. The zero-order valence-electron chi connectivity index (χ0n) is 13.1. The number of hydrogen-bond donors (Lipinski definition) is 2. The van der Waals surface area contributed by atoms with Crippen molar-refractivity contribution in [3.63, 3.8) is 0 Å². The summed E-state index contributed by atoms with van der Waals surface area (Å²) in [4.78, 5) is 0. The van der Waals surface area contributed by atoms with Crippen LogP contribution in [0.1, 0.15) is 38.3 Å². The van der Waals surface area contributed by atoms with Crippen LogP contribution in [-0.4, -0.2) is 11.1 Å². The van der Waals surface area contributed by atoms with Crippen LogP contribution >= 0.6 is 0 Å². The van der Waals surface area contributed by atoms with Gasteiger partial charge in [0.05, 0.1) is 0 Å². The zero-order chi connectivity index (χ0) is 15.3. The summed E-state index contributed by atoms with van der Waals surface area (Å²) in [5.74, 6) is 0.326. The van der Waals surface area contributed by atoms with E-state index in [1.54, 1.807) is 6.07 Å².